The van der Waals surface area contributed by atoms with Gasteiger partial charge in [-0.2, -0.15) is 0 Å². The number of carboxylic acid groups (broad SMARTS) is 1. The lowest BCUT2D eigenvalue weighted by molar-refractivity contribution is -0.887. The van der Waals surface area contributed by atoms with Crippen LogP contribution < -0.4 is 0 Å². The molecule has 0 aliphatic rings. The van der Waals surface area contributed by atoms with Crippen molar-refractivity contribution in [2.45, 2.75) is 116 Å². The first kappa shape index (κ1) is 40.3. The summed E-state index contributed by atoms with van der Waals surface area (Å²) in [5.41, 5.74) is 0. The zero-order valence-electron chi connectivity index (χ0n) is 27.6. The molecule has 8 nitrogen and oxygen atoms in total. The predicted molar refractivity (Wildman–Crippen MR) is 174 cm³/mol. The number of unbranched alkanes of at least 4 members (excludes halogenated alkanes) is 5. The highest BCUT2D eigenvalue weighted by atomic mass is 16.6. The van der Waals surface area contributed by atoms with Gasteiger partial charge < -0.3 is 23.8 Å². The van der Waals surface area contributed by atoms with E-state index in [0.29, 0.717) is 19.3 Å². The monoisotopic (exact) mass is 606 g/mol. The third kappa shape index (κ3) is 25.5. The second-order valence-electron chi connectivity index (χ2n) is 11.6. The third-order valence-electron chi connectivity index (χ3n) is 6.74. The molecule has 2 unspecified atom stereocenters. The van der Waals surface area contributed by atoms with Crippen LogP contribution in [-0.2, 0) is 28.6 Å². The molecule has 0 aliphatic heterocycles. The lowest BCUT2D eigenvalue weighted by Crippen LogP contribution is -2.50. The minimum absolute atomic E-state index is 0.0356. The van der Waals surface area contributed by atoms with Gasteiger partial charge in [-0.15, -0.1) is 0 Å². The summed E-state index contributed by atoms with van der Waals surface area (Å²) in [6.07, 6.45) is 27.7. The summed E-state index contributed by atoms with van der Waals surface area (Å²) < 4.78 is 17.0. The number of allylic oxidation sites excluding steroid dienone is 8. The highest BCUT2D eigenvalue weighted by Gasteiger charge is 2.31. The molecule has 246 valence electrons. The Morgan fingerprint density at radius 2 is 1.28 bits per heavy atom. The number of nitrogens with zero attached hydrogens (tertiary/aromatic N) is 1. The van der Waals surface area contributed by atoms with Gasteiger partial charge in [0.25, 0.3) is 0 Å². The number of carbonyl (C=O) groups excluding carboxylic acids is 2. The van der Waals surface area contributed by atoms with Gasteiger partial charge in [0.2, 0.25) is 0 Å². The summed E-state index contributed by atoms with van der Waals surface area (Å²) in [7, 11) is 5.47. The van der Waals surface area contributed by atoms with E-state index >= 15 is 0 Å². The van der Waals surface area contributed by atoms with Gasteiger partial charge in [-0.3, -0.25) is 9.59 Å². The van der Waals surface area contributed by atoms with Gasteiger partial charge in [0, 0.05) is 19.3 Å². The number of likely N-dealkylation sites (N-methyl/N-ethyl adjacent to an activating group) is 1. The molecule has 0 aromatic carbocycles. The number of ether oxygens (including phenoxy) is 3. The zero-order valence-corrected chi connectivity index (χ0v) is 27.6. The van der Waals surface area contributed by atoms with Crippen molar-refractivity contribution in [2.75, 3.05) is 41.0 Å². The number of aliphatic carboxylic acids is 1. The van der Waals surface area contributed by atoms with Gasteiger partial charge in [-0.25, -0.2) is 4.79 Å². The van der Waals surface area contributed by atoms with E-state index in [1.54, 1.807) is 0 Å². The minimum atomic E-state index is -0.889. The molecular formula is C35H60NO7+. The molecule has 0 fully saturated rings. The molecule has 8 heteroatoms. The van der Waals surface area contributed by atoms with Crippen molar-refractivity contribution in [1.82, 2.24) is 0 Å². The molecule has 0 aromatic rings. The Bertz CT molecular complexity index is 855. The maximum atomic E-state index is 12.5. The minimum Gasteiger partial charge on any atom is -0.477 e. The molecule has 0 saturated heterocycles. The molecule has 2 atom stereocenters. The SMILES string of the molecule is CC/C=C/C/C=C/CCCCCCCC(=O)OC(COCCC(C(=O)O)[N+](C)(C)C)COC(=O)CC/C=C/C/C=C/CC. The van der Waals surface area contributed by atoms with Crippen LogP contribution in [0.4, 0.5) is 0 Å². The molecule has 0 aliphatic carbocycles. The molecule has 0 bridgehead atoms. The maximum absolute atomic E-state index is 12.5. The Kier molecular flexibility index (Phi) is 25.2. The van der Waals surface area contributed by atoms with Crippen molar-refractivity contribution in [3.05, 3.63) is 48.6 Å². The van der Waals surface area contributed by atoms with Crippen LogP contribution in [0.5, 0.6) is 0 Å². The Hall–Kier alpha value is -2.71. The quantitative estimate of drug-likeness (QED) is 0.0452. The number of hydrogen-bond acceptors (Lipinski definition) is 6. The summed E-state index contributed by atoms with van der Waals surface area (Å²) in [5.74, 6) is -1.59. The van der Waals surface area contributed by atoms with Gasteiger partial charge in [0.05, 0.1) is 34.4 Å². The first-order valence-electron chi connectivity index (χ1n) is 16.2. The number of hydrogen-bond donors (Lipinski definition) is 1. The zero-order chi connectivity index (χ0) is 32.2. The molecule has 0 amide bonds. The van der Waals surface area contributed by atoms with Crippen LogP contribution in [0, 0.1) is 0 Å². The average molecular weight is 607 g/mol. The molecular weight excluding hydrogens is 546 g/mol. The lowest BCUT2D eigenvalue weighted by Gasteiger charge is -2.31. The van der Waals surface area contributed by atoms with Crippen LogP contribution in [0.2, 0.25) is 0 Å². The summed E-state index contributed by atoms with van der Waals surface area (Å²) in [4.78, 5) is 36.4. The molecule has 0 aromatic heterocycles. The van der Waals surface area contributed by atoms with Crippen LogP contribution in [-0.4, -0.2) is 80.6 Å². The number of carbonyl (C=O) groups is 3. The number of esters is 2. The fourth-order valence-corrected chi connectivity index (χ4v) is 4.24. The van der Waals surface area contributed by atoms with Crippen molar-refractivity contribution < 1.29 is 38.2 Å². The second kappa shape index (κ2) is 26.9. The molecule has 0 heterocycles. The molecule has 0 spiro atoms. The van der Waals surface area contributed by atoms with Gasteiger partial charge in [0.1, 0.15) is 6.61 Å². The lowest BCUT2D eigenvalue weighted by atomic mass is 10.1. The van der Waals surface area contributed by atoms with Crippen LogP contribution in [0.15, 0.2) is 48.6 Å². The Morgan fingerprint density at radius 1 is 0.698 bits per heavy atom. The normalized spacial score (nSPS) is 13.8. The van der Waals surface area contributed by atoms with Gasteiger partial charge in [-0.1, -0.05) is 81.7 Å². The Morgan fingerprint density at radius 3 is 1.88 bits per heavy atom. The van der Waals surface area contributed by atoms with Crippen LogP contribution in [0.3, 0.4) is 0 Å². The first-order valence-corrected chi connectivity index (χ1v) is 16.2. The standard InChI is InChI=1S/C35H59NO7/c1-6-8-10-12-14-15-16-17-18-20-22-24-26-34(38)43-31(29-41-28-27-32(35(39)40)36(3,4)5)30-42-33(37)25-23-21-19-13-11-9-7-2/h8-11,14-15,19,21,31-32H,6-7,12-13,16-18,20,22-30H2,1-5H3/p+1/b10-8+,11-9+,15-14+,21-19+. The summed E-state index contributed by atoms with van der Waals surface area (Å²) in [6, 6.07) is -0.622. The maximum Gasteiger partial charge on any atom is 0.362 e. The van der Waals surface area contributed by atoms with Crippen LogP contribution in [0.1, 0.15) is 104 Å². The van der Waals surface area contributed by atoms with Gasteiger partial charge >= 0.3 is 17.9 Å². The predicted octanol–water partition coefficient (Wildman–Crippen LogP) is 7.34. The van der Waals surface area contributed by atoms with E-state index < -0.39 is 18.1 Å². The highest BCUT2D eigenvalue weighted by molar-refractivity contribution is 5.72. The van der Waals surface area contributed by atoms with E-state index in [2.05, 4.69) is 50.3 Å². The molecule has 43 heavy (non-hydrogen) atoms. The molecule has 0 radical (unpaired) electrons. The topological polar surface area (TPSA) is 99.1 Å². The number of rotatable bonds is 27. The largest absolute Gasteiger partial charge is 0.477 e. The molecule has 0 rings (SSSR count). The highest BCUT2D eigenvalue weighted by Crippen LogP contribution is 2.11. The van der Waals surface area contributed by atoms with Gasteiger partial charge in [0.15, 0.2) is 12.1 Å². The smallest absolute Gasteiger partial charge is 0.362 e. The average Bonchev–Trinajstić information content (AvgIpc) is 2.94. The van der Waals surface area contributed by atoms with Crippen molar-refractivity contribution >= 4 is 17.9 Å². The third-order valence-corrected chi connectivity index (χ3v) is 6.74. The van der Waals surface area contributed by atoms with E-state index in [1.807, 2.05) is 33.3 Å². The van der Waals surface area contributed by atoms with Crippen molar-refractivity contribution in [2.24, 2.45) is 0 Å². The summed E-state index contributed by atoms with van der Waals surface area (Å²) in [6.45, 7) is 4.35. The van der Waals surface area contributed by atoms with Gasteiger partial charge in [-0.05, 0) is 51.4 Å². The van der Waals surface area contributed by atoms with Crippen molar-refractivity contribution in [3.8, 4) is 0 Å². The molecule has 1 N–H and O–H groups in total. The molecule has 0 saturated carbocycles. The summed E-state index contributed by atoms with van der Waals surface area (Å²) >= 11 is 0. The second-order valence-corrected chi connectivity index (χ2v) is 11.6. The Balaban J connectivity index is 4.57. The van der Waals surface area contributed by atoms with E-state index in [0.717, 1.165) is 64.2 Å². The van der Waals surface area contributed by atoms with Crippen molar-refractivity contribution in [1.29, 1.82) is 0 Å². The van der Waals surface area contributed by atoms with E-state index in [-0.39, 0.29) is 42.7 Å². The fourth-order valence-electron chi connectivity index (χ4n) is 4.24. The first-order chi connectivity index (χ1) is 20.6. The van der Waals surface area contributed by atoms with Crippen LogP contribution >= 0.6 is 0 Å². The number of quaternary nitrogens is 1. The number of carboxylic acids is 1. The fraction of sp³-hybridized carbons (Fsp3) is 0.686. The van der Waals surface area contributed by atoms with Crippen LogP contribution in [0.25, 0.3) is 0 Å². The van der Waals surface area contributed by atoms with E-state index in [1.165, 1.54) is 0 Å². The van der Waals surface area contributed by atoms with Crippen molar-refractivity contribution in [3.63, 3.8) is 0 Å². The summed E-state index contributed by atoms with van der Waals surface area (Å²) in [5, 5.41) is 9.52. The van der Waals surface area contributed by atoms with E-state index in [9.17, 15) is 19.5 Å². The Labute approximate surface area is 261 Å². The van der Waals surface area contributed by atoms with E-state index in [4.69, 9.17) is 14.2 Å².